The van der Waals surface area contributed by atoms with Gasteiger partial charge in [-0.2, -0.15) is 0 Å². The molecule has 2 amide bonds. The molecule has 0 spiro atoms. The lowest BCUT2D eigenvalue weighted by Crippen LogP contribution is -2.51. The number of nitrogens with one attached hydrogen (secondary N) is 1. The Bertz CT molecular complexity index is 1670. The number of esters is 1. The Kier molecular flexibility index (Phi) is 13.2. The number of hydrogen-bond donors (Lipinski definition) is 2. The number of ketones is 1. The summed E-state index contributed by atoms with van der Waals surface area (Å²) in [5.74, 6) is -4.37. The highest BCUT2D eigenvalue weighted by Gasteiger charge is 2.34. The van der Waals surface area contributed by atoms with Crippen LogP contribution in [0.3, 0.4) is 0 Å². The van der Waals surface area contributed by atoms with E-state index in [1.807, 2.05) is 13.8 Å². The van der Waals surface area contributed by atoms with Crippen LogP contribution in [0.1, 0.15) is 74.5 Å². The smallest absolute Gasteiger partial charge is 0.407 e. The average Bonchev–Trinajstić information content (AvgIpc) is 3.32. The third-order valence-electron chi connectivity index (χ3n) is 8.21. The van der Waals surface area contributed by atoms with Crippen LogP contribution >= 0.6 is 0 Å². The maximum Gasteiger partial charge on any atom is 0.407 e. The Morgan fingerprint density at radius 1 is 0.880 bits per heavy atom. The number of nitrogens with zero attached hydrogens (tertiary/aromatic N) is 1. The zero-order valence-electron chi connectivity index (χ0n) is 28.3. The standard InChI is InChI=1S/C36H40F2N2O10/c1-5-21-16-25(17-22(6-2)33(21)49-20-47-4)34(42)39-27-18-40(36(44)45)15-7-8-28(27)50-35(43)24-11-9-23(10-12-24)32(41)30-29(48-19-46-3)14-13-26(37)31(30)38/h9-14,16-17,27-28H,5-8,15,18-20H2,1-4H3,(H,39,42)(H,44,45)/t27-,28-/m1/s1. The topological polar surface area (TPSA) is 150 Å². The molecule has 1 saturated heterocycles. The van der Waals surface area contributed by atoms with Gasteiger partial charge in [0.05, 0.1) is 11.6 Å². The van der Waals surface area contributed by atoms with Crippen LogP contribution in [0.4, 0.5) is 13.6 Å². The van der Waals surface area contributed by atoms with Gasteiger partial charge >= 0.3 is 12.1 Å². The van der Waals surface area contributed by atoms with Gasteiger partial charge in [-0.3, -0.25) is 9.59 Å². The first kappa shape index (κ1) is 37.7. The molecule has 2 N–H and O–H groups in total. The number of carboxylic acid groups (broad SMARTS) is 1. The van der Waals surface area contributed by atoms with Gasteiger partial charge in [-0.05, 0) is 73.2 Å². The van der Waals surface area contributed by atoms with E-state index >= 15 is 0 Å². The lowest BCUT2D eigenvalue weighted by molar-refractivity contribution is 0.0179. The van der Waals surface area contributed by atoms with E-state index in [0.29, 0.717) is 30.6 Å². The Morgan fingerprint density at radius 3 is 2.10 bits per heavy atom. The molecular weight excluding hydrogens is 658 g/mol. The van der Waals surface area contributed by atoms with Crippen LogP contribution in [0, 0.1) is 11.6 Å². The molecule has 2 atom stereocenters. The molecule has 3 aromatic rings. The summed E-state index contributed by atoms with van der Waals surface area (Å²) in [4.78, 5) is 53.3. The number of halogens is 2. The van der Waals surface area contributed by atoms with Crippen molar-refractivity contribution in [1.82, 2.24) is 10.2 Å². The van der Waals surface area contributed by atoms with Gasteiger partial charge in [-0.1, -0.05) is 26.0 Å². The van der Waals surface area contributed by atoms with E-state index in [9.17, 15) is 33.1 Å². The number of carbonyl (C=O) groups is 4. The first-order valence-corrected chi connectivity index (χ1v) is 16.0. The second kappa shape index (κ2) is 17.5. The summed E-state index contributed by atoms with van der Waals surface area (Å²) in [5, 5.41) is 12.6. The third-order valence-corrected chi connectivity index (χ3v) is 8.21. The van der Waals surface area contributed by atoms with Crippen molar-refractivity contribution < 1.29 is 56.7 Å². The zero-order valence-corrected chi connectivity index (χ0v) is 28.3. The van der Waals surface area contributed by atoms with Crippen molar-refractivity contribution in [1.29, 1.82) is 0 Å². The van der Waals surface area contributed by atoms with Crippen LogP contribution in [0.25, 0.3) is 0 Å². The number of benzene rings is 3. The molecule has 0 aliphatic carbocycles. The molecule has 14 heteroatoms. The lowest BCUT2D eigenvalue weighted by Gasteiger charge is -2.28. The van der Waals surface area contributed by atoms with Crippen molar-refractivity contribution in [2.45, 2.75) is 51.7 Å². The highest BCUT2D eigenvalue weighted by molar-refractivity contribution is 6.11. The lowest BCUT2D eigenvalue weighted by atomic mass is 9.99. The average molecular weight is 699 g/mol. The molecule has 3 aromatic carbocycles. The summed E-state index contributed by atoms with van der Waals surface area (Å²) in [6.07, 6.45) is -0.308. The predicted molar refractivity (Wildman–Crippen MR) is 176 cm³/mol. The van der Waals surface area contributed by atoms with Gasteiger partial charge in [-0.25, -0.2) is 18.4 Å². The van der Waals surface area contributed by atoms with Gasteiger partial charge in [0.15, 0.2) is 31.0 Å². The minimum atomic E-state index is -1.39. The van der Waals surface area contributed by atoms with Crippen molar-refractivity contribution in [3.05, 3.63) is 93.5 Å². The number of methoxy groups -OCH3 is 2. The molecule has 4 rings (SSSR count). The molecule has 1 aliphatic heterocycles. The minimum Gasteiger partial charge on any atom is -0.467 e. The minimum absolute atomic E-state index is 0.0355. The second-order valence-corrected chi connectivity index (χ2v) is 11.5. The van der Waals surface area contributed by atoms with Crippen LogP contribution < -0.4 is 14.8 Å². The Morgan fingerprint density at radius 2 is 1.50 bits per heavy atom. The van der Waals surface area contributed by atoms with Crippen LogP contribution in [0.5, 0.6) is 11.5 Å². The molecule has 1 fully saturated rings. The fraction of sp³-hybridized carbons (Fsp3) is 0.389. The van der Waals surface area contributed by atoms with Crippen LogP contribution in [-0.2, 0) is 27.1 Å². The maximum atomic E-state index is 14.7. The normalized spacial score (nSPS) is 15.9. The molecular formula is C36H40F2N2O10. The summed E-state index contributed by atoms with van der Waals surface area (Å²) in [6.45, 7) is 3.64. The van der Waals surface area contributed by atoms with E-state index in [-0.39, 0.29) is 50.0 Å². The van der Waals surface area contributed by atoms with E-state index < -0.39 is 53.1 Å². The van der Waals surface area contributed by atoms with E-state index in [1.165, 1.54) is 38.5 Å². The number of likely N-dealkylation sites (tertiary alicyclic amines) is 1. The maximum absolute atomic E-state index is 14.7. The highest BCUT2D eigenvalue weighted by Crippen LogP contribution is 2.29. The molecule has 268 valence electrons. The number of carbonyl (C=O) groups excluding carboxylic acids is 3. The Labute approximate surface area is 288 Å². The molecule has 12 nitrogen and oxygen atoms in total. The summed E-state index contributed by atoms with van der Waals surface area (Å²) in [5.41, 5.74) is 1.28. The summed E-state index contributed by atoms with van der Waals surface area (Å²) in [7, 11) is 2.84. The first-order valence-electron chi connectivity index (χ1n) is 16.0. The fourth-order valence-electron chi connectivity index (χ4n) is 5.64. The van der Waals surface area contributed by atoms with Crippen molar-refractivity contribution in [2.24, 2.45) is 0 Å². The molecule has 0 unspecified atom stereocenters. The second-order valence-electron chi connectivity index (χ2n) is 11.5. The van der Waals surface area contributed by atoms with Crippen molar-refractivity contribution in [3.63, 3.8) is 0 Å². The fourth-order valence-corrected chi connectivity index (χ4v) is 5.64. The molecule has 0 aromatic heterocycles. The van der Waals surface area contributed by atoms with E-state index in [4.69, 9.17) is 23.7 Å². The number of rotatable bonds is 14. The van der Waals surface area contributed by atoms with E-state index in [0.717, 1.165) is 28.2 Å². The van der Waals surface area contributed by atoms with Gasteiger partial charge in [0, 0.05) is 38.4 Å². The molecule has 0 radical (unpaired) electrons. The SMILES string of the molecule is CCc1cc(C(=O)N[C@@H]2CN(C(=O)O)CCC[C@H]2OC(=O)c2ccc(C(=O)c3c(OCOC)ccc(F)c3F)cc2)cc(CC)c1OCOC. The zero-order chi connectivity index (χ0) is 36.4. The third kappa shape index (κ3) is 8.93. The van der Waals surface area contributed by atoms with E-state index in [1.54, 1.807) is 12.1 Å². The number of aryl methyl sites for hydroxylation is 2. The molecule has 50 heavy (non-hydrogen) atoms. The van der Waals surface area contributed by atoms with Crippen LogP contribution in [0.2, 0.25) is 0 Å². The van der Waals surface area contributed by atoms with Gasteiger partial charge in [0.1, 0.15) is 23.2 Å². The van der Waals surface area contributed by atoms with Crippen molar-refractivity contribution in [2.75, 3.05) is 40.9 Å². The van der Waals surface area contributed by atoms with Gasteiger partial charge in [0.2, 0.25) is 0 Å². The molecule has 0 saturated carbocycles. The van der Waals surface area contributed by atoms with E-state index in [2.05, 4.69) is 5.32 Å². The summed E-state index contributed by atoms with van der Waals surface area (Å²) in [6, 6.07) is 9.57. The molecule has 0 bridgehead atoms. The Balaban J connectivity index is 1.55. The first-order chi connectivity index (χ1) is 24.0. The van der Waals surface area contributed by atoms with Gasteiger partial charge < -0.3 is 39.0 Å². The molecule has 1 heterocycles. The highest BCUT2D eigenvalue weighted by atomic mass is 19.2. The quantitative estimate of drug-likeness (QED) is 0.128. The van der Waals surface area contributed by atoms with Crippen molar-refractivity contribution in [3.8, 4) is 11.5 Å². The number of amides is 2. The number of hydrogen-bond acceptors (Lipinski definition) is 9. The van der Waals surface area contributed by atoms with Gasteiger partial charge in [0.25, 0.3) is 5.91 Å². The molecule has 1 aliphatic rings. The number of ether oxygens (including phenoxy) is 5. The Hall–Kier alpha value is -5.08. The summed E-state index contributed by atoms with van der Waals surface area (Å²) < 4.78 is 55.5. The van der Waals surface area contributed by atoms with Crippen LogP contribution in [-0.4, -0.2) is 86.8 Å². The summed E-state index contributed by atoms with van der Waals surface area (Å²) >= 11 is 0. The van der Waals surface area contributed by atoms with Gasteiger partial charge in [-0.15, -0.1) is 0 Å². The van der Waals surface area contributed by atoms with Crippen LogP contribution in [0.15, 0.2) is 48.5 Å². The predicted octanol–water partition coefficient (Wildman–Crippen LogP) is 5.38. The monoisotopic (exact) mass is 698 g/mol. The largest absolute Gasteiger partial charge is 0.467 e. The van der Waals surface area contributed by atoms with Crippen molar-refractivity contribution >= 4 is 23.8 Å².